The molecule has 5 nitrogen and oxygen atoms in total. The molecule has 0 aromatic heterocycles. The van der Waals surface area contributed by atoms with Gasteiger partial charge in [-0.05, 0) is 55.8 Å². The highest BCUT2D eigenvalue weighted by atomic mass is 16.7. The molecule has 2 saturated heterocycles. The molecule has 27 heavy (non-hydrogen) atoms. The minimum Gasteiger partial charge on any atom is -0.348 e. The third-order valence-corrected chi connectivity index (χ3v) is 9.68. The summed E-state index contributed by atoms with van der Waals surface area (Å²) >= 11 is 0. The molecule has 5 heteroatoms. The van der Waals surface area contributed by atoms with Gasteiger partial charge in [-0.3, -0.25) is 15.4 Å². The molecule has 6 atom stereocenters. The average Bonchev–Trinajstić information content (AvgIpc) is 3.37. The van der Waals surface area contributed by atoms with E-state index in [9.17, 15) is 4.79 Å². The van der Waals surface area contributed by atoms with Crippen molar-refractivity contribution in [2.24, 2.45) is 35.0 Å². The van der Waals surface area contributed by atoms with E-state index in [0.717, 1.165) is 52.0 Å². The van der Waals surface area contributed by atoms with E-state index in [0.29, 0.717) is 35.4 Å². The molecule has 2 aliphatic heterocycles. The second-order valence-corrected chi connectivity index (χ2v) is 10.5. The molecule has 0 unspecified atom stereocenters. The Bertz CT molecular complexity index is 639. The quantitative estimate of drug-likeness (QED) is 0.682. The first kappa shape index (κ1) is 17.4. The number of nitrogens with one attached hydrogen (secondary N) is 2. The standard InChI is InChI=1S/C22H34N2O3/c1-20-13-18(25)19-15-4-6-21(26-10-11-27-21)12-14(15)2-3-16(19)17(20)5-7-22(20)23-8-9-24-22/h14-17,19,23-24H,2-13H2,1H3/t14-,15-,16+,17-,19-,20-/m0/s1. The molecule has 6 rings (SSSR count). The molecule has 0 radical (unpaired) electrons. The largest absolute Gasteiger partial charge is 0.348 e. The fourth-order valence-corrected chi connectivity index (χ4v) is 8.59. The van der Waals surface area contributed by atoms with Gasteiger partial charge < -0.3 is 9.47 Å². The van der Waals surface area contributed by atoms with Crippen LogP contribution in [0.25, 0.3) is 0 Å². The highest BCUT2D eigenvalue weighted by Gasteiger charge is 2.66. The van der Waals surface area contributed by atoms with Crippen molar-refractivity contribution >= 4 is 5.78 Å². The first-order chi connectivity index (χ1) is 13.1. The number of ketones is 1. The van der Waals surface area contributed by atoms with Crippen LogP contribution in [0.4, 0.5) is 0 Å². The van der Waals surface area contributed by atoms with E-state index in [1.807, 2.05) is 0 Å². The summed E-state index contributed by atoms with van der Waals surface area (Å²) in [6.45, 7) is 5.97. The minimum absolute atomic E-state index is 0.0112. The zero-order chi connectivity index (χ0) is 18.3. The van der Waals surface area contributed by atoms with Gasteiger partial charge in [0.1, 0.15) is 5.78 Å². The van der Waals surface area contributed by atoms with E-state index in [1.54, 1.807) is 0 Å². The highest BCUT2D eigenvalue weighted by molar-refractivity contribution is 5.84. The molecular formula is C22H34N2O3. The third kappa shape index (κ3) is 2.23. The first-order valence-corrected chi connectivity index (χ1v) is 11.4. The van der Waals surface area contributed by atoms with Crippen molar-refractivity contribution in [3.8, 4) is 0 Å². The molecule has 6 fully saturated rings. The summed E-state index contributed by atoms with van der Waals surface area (Å²) in [6, 6.07) is 0. The Labute approximate surface area is 162 Å². The number of rotatable bonds is 0. The molecule has 2 N–H and O–H groups in total. The number of hydrogen-bond donors (Lipinski definition) is 2. The lowest BCUT2D eigenvalue weighted by atomic mass is 9.49. The number of ether oxygens (including phenoxy) is 2. The monoisotopic (exact) mass is 374 g/mol. The van der Waals surface area contributed by atoms with Crippen LogP contribution in [0, 0.1) is 35.0 Å². The van der Waals surface area contributed by atoms with Crippen LogP contribution < -0.4 is 10.6 Å². The Morgan fingerprint density at radius 3 is 2.52 bits per heavy atom. The summed E-state index contributed by atoms with van der Waals surface area (Å²) in [5, 5.41) is 7.56. The fourth-order valence-electron chi connectivity index (χ4n) is 8.59. The number of carbonyl (C=O) groups is 1. The lowest BCUT2D eigenvalue weighted by Crippen LogP contribution is -2.64. The van der Waals surface area contributed by atoms with Gasteiger partial charge in [0.15, 0.2) is 5.79 Å². The molecule has 0 amide bonds. The van der Waals surface area contributed by atoms with Crippen LogP contribution in [-0.4, -0.2) is 43.5 Å². The van der Waals surface area contributed by atoms with Crippen molar-refractivity contribution in [3.63, 3.8) is 0 Å². The molecule has 2 spiro atoms. The number of fused-ring (bicyclic) bond motifs is 6. The molecule has 4 saturated carbocycles. The van der Waals surface area contributed by atoms with Gasteiger partial charge in [0.05, 0.1) is 18.9 Å². The molecule has 0 aromatic rings. The van der Waals surface area contributed by atoms with Crippen molar-refractivity contribution in [1.29, 1.82) is 0 Å². The van der Waals surface area contributed by atoms with Crippen LogP contribution in [-0.2, 0) is 14.3 Å². The topological polar surface area (TPSA) is 59.6 Å². The summed E-state index contributed by atoms with van der Waals surface area (Å²) in [5.74, 6) is 3.03. The average molecular weight is 375 g/mol. The Morgan fingerprint density at radius 1 is 0.963 bits per heavy atom. The maximum atomic E-state index is 13.6. The zero-order valence-corrected chi connectivity index (χ0v) is 16.6. The van der Waals surface area contributed by atoms with Crippen LogP contribution in [0.3, 0.4) is 0 Å². The second kappa shape index (κ2) is 5.78. The fraction of sp³-hybridized carbons (Fsp3) is 0.955. The van der Waals surface area contributed by atoms with Crippen LogP contribution in [0.15, 0.2) is 0 Å². The van der Waals surface area contributed by atoms with E-state index in [2.05, 4.69) is 17.6 Å². The van der Waals surface area contributed by atoms with Crippen LogP contribution in [0.2, 0.25) is 0 Å². The maximum absolute atomic E-state index is 13.6. The highest BCUT2D eigenvalue weighted by Crippen LogP contribution is 2.64. The van der Waals surface area contributed by atoms with Crippen molar-refractivity contribution < 1.29 is 14.3 Å². The Kier molecular flexibility index (Phi) is 3.72. The van der Waals surface area contributed by atoms with E-state index < -0.39 is 0 Å². The molecular weight excluding hydrogens is 340 g/mol. The van der Waals surface area contributed by atoms with Gasteiger partial charge in [0, 0.05) is 43.7 Å². The van der Waals surface area contributed by atoms with Crippen molar-refractivity contribution in [2.75, 3.05) is 26.3 Å². The zero-order valence-electron chi connectivity index (χ0n) is 16.6. The smallest absolute Gasteiger partial charge is 0.168 e. The molecule has 6 aliphatic rings. The molecule has 150 valence electrons. The predicted octanol–water partition coefficient (Wildman–Crippen LogP) is 2.45. The van der Waals surface area contributed by atoms with Gasteiger partial charge in [-0.15, -0.1) is 0 Å². The molecule has 0 bridgehead atoms. The van der Waals surface area contributed by atoms with Gasteiger partial charge in [-0.1, -0.05) is 6.92 Å². The van der Waals surface area contributed by atoms with Crippen molar-refractivity contribution in [1.82, 2.24) is 10.6 Å². The van der Waals surface area contributed by atoms with Gasteiger partial charge in [-0.25, -0.2) is 0 Å². The van der Waals surface area contributed by atoms with E-state index in [-0.39, 0.29) is 16.9 Å². The first-order valence-electron chi connectivity index (χ1n) is 11.4. The number of Topliss-reactive ketones (excluding diaryl/α,β-unsaturated/α-hetero) is 1. The minimum atomic E-state index is -0.310. The van der Waals surface area contributed by atoms with Crippen molar-refractivity contribution in [3.05, 3.63) is 0 Å². The summed E-state index contributed by atoms with van der Waals surface area (Å²) in [4.78, 5) is 13.6. The summed E-state index contributed by atoms with van der Waals surface area (Å²) < 4.78 is 12.0. The van der Waals surface area contributed by atoms with E-state index >= 15 is 0 Å². The number of carbonyl (C=O) groups excluding carboxylic acids is 1. The van der Waals surface area contributed by atoms with Crippen LogP contribution in [0.5, 0.6) is 0 Å². The summed E-state index contributed by atoms with van der Waals surface area (Å²) in [6.07, 6.45) is 8.83. The lowest BCUT2D eigenvalue weighted by molar-refractivity contribution is -0.209. The van der Waals surface area contributed by atoms with Gasteiger partial charge in [0.2, 0.25) is 0 Å². The van der Waals surface area contributed by atoms with Gasteiger partial charge in [-0.2, -0.15) is 0 Å². The Hall–Kier alpha value is -0.490. The van der Waals surface area contributed by atoms with Gasteiger partial charge >= 0.3 is 0 Å². The molecule has 2 heterocycles. The summed E-state index contributed by atoms with van der Waals surface area (Å²) in [7, 11) is 0. The van der Waals surface area contributed by atoms with Crippen LogP contribution >= 0.6 is 0 Å². The SMILES string of the molecule is C[C@]12CC(=O)[C@H]3[C@H]4CCC5(C[C@@H]4CC[C@@H]3[C@@H]1CCC21NCCN1)OCCO5. The third-order valence-electron chi connectivity index (χ3n) is 9.68. The van der Waals surface area contributed by atoms with E-state index in [4.69, 9.17) is 9.47 Å². The lowest BCUT2D eigenvalue weighted by Gasteiger charge is -2.57. The van der Waals surface area contributed by atoms with Crippen molar-refractivity contribution in [2.45, 2.75) is 69.7 Å². The Morgan fingerprint density at radius 2 is 1.74 bits per heavy atom. The van der Waals surface area contributed by atoms with Crippen LogP contribution in [0.1, 0.15) is 58.3 Å². The number of hydrogen-bond acceptors (Lipinski definition) is 5. The Balaban J connectivity index is 1.28. The normalized spacial score (nSPS) is 50.0. The second-order valence-electron chi connectivity index (χ2n) is 10.5. The maximum Gasteiger partial charge on any atom is 0.168 e. The van der Waals surface area contributed by atoms with E-state index in [1.165, 1.54) is 25.7 Å². The predicted molar refractivity (Wildman–Crippen MR) is 101 cm³/mol. The molecule has 4 aliphatic carbocycles. The summed E-state index contributed by atoms with van der Waals surface area (Å²) in [5.41, 5.74) is 0.0967. The van der Waals surface area contributed by atoms with Gasteiger partial charge in [0.25, 0.3) is 0 Å². The molecule has 0 aromatic carbocycles.